The summed E-state index contributed by atoms with van der Waals surface area (Å²) >= 11 is 3.14. The van der Waals surface area contributed by atoms with Crippen molar-refractivity contribution in [2.24, 2.45) is 4.99 Å². The first-order valence-corrected chi connectivity index (χ1v) is 8.14. The second-order valence-corrected chi connectivity index (χ2v) is 5.93. The van der Waals surface area contributed by atoms with Gasteiger partial charge in [0.1, 0.15) is 5.82 Å². The first kappa shape index (κ1) is 16.4. The smallest absolute Gasteiger partial charge is 0.191 e. The molecule has 2 aromatic heterocycles. The van der Waals surface area contributed by atoms with Crippen molar-refractivity contribution in [3.8, 4) is 0 Å². The molecule has 0 fully saturated rings. The summed E-state index contributed by atoms with van der Waals surface area (Å²) < 4.78 is 15.9. The Hall–Kier alpha value is -2.48. The molecule has 0 bridgehead atoms. The Morgan fingerprint density at radius 1 is 1.21 bits per heavy atom. The third-order valence-electron chi connectivity index (χ3n) is 3.47. The van der Waals surface area contributed by atoms with E-state index in [1.54, 1.807) is 13.1 Å². The van der Waals surface area contributed by atoms with Gasteiger partial charge in [-0.05, 0) is 45.8 Å². The van der Waals surface area contributed by atoms with Gasteiger partial charge in [0.25, 0.3) is 0 Å². The van der Waals surface area contributed by atoms with Gasteiger partial charge in [-0.2, -0.15) is 0 Å². The van der Waals surface area contributed by atoms with E-state index in [0.717, 1.165) is 17.0 Å². The molecular formula is C16H16BrFN6. The van der Waals surface area contributed by atoms with Crippen molar-refractivity contribution in [3.05, 3.63) is 64.3 Å². The van der Waals surface area contributed by atoms with E-state index in [0.29, 0.717) is 23.5 Å². The van der Waals surface area contributed by atoms with Crippen molar-refractivity contribution in [2.75, 3.05) is 7.05 Å². The van der Waals surface area contributed by atoms with Gasteiger partial charge in [-0.3, -0.25) is 9.39 Å². The van der Waals surface area contributed by atoms with Crippen LogP contribution in [0.15, 0.2) is 52.1 Å². The summed E-state index contributed by atoms with van der Waals surface area (Å²) in [4.78, 5) is 4.16. The molecule has 0 aliphatic rings. The maximum Gasteiger partial charge on any atom is 0.191 e. The number of halogens is 2. The number of pyridine rings is 1. The second kappa shape index (κ2) is 7.39. The number of hydrogen-bond acceptors (Lipinski definition) is 3. The van der Waals surface area contributed by atoms with Crippen molar-refractivity contribution in [1.29, 1.82) is 0 Å². The third kappa shape index (κ3) is 3.70. The summed E-state index contributed by atoms with van der Waals surface area (Å²) in [5.41, 5.74) is 1.62. The summed E-state index contributed by atoms with van der Waals surface area (Å²) in [5.74, 6) is 1.10. The molecule has 6 nitrogen and oxygen atoms in total. The van der Waals surface area contributed by atoms with Crippen LogP contribution in [0.3, 0.4) is 0 Å². The molecule has 0 spiro atoms. The number of benzene rings is 1. The first-order valence-electron chi connectivity index (χ1n) is 7.34. The van der Waals surface area contributed by atoms with E-state index in [-0.39, 0.29) is 5.82 Å². The van der Waals surface area contributed by atoms with E-state index in [1.807, 2.05) is 34.9 Å². The van der Waals surface area contributed by atoms with Crippen LogP contribution in [0.25, 0.3) is 5.65 Å². The molecule has 24 heavy (non-hydrogen) atoms. The molecular weight excluding hydrogens is 375 g/mol. The van der Waals surface area contributed by atoms with E-state index in [1.165, 1.54) is 6.07 Å². The highest BCUT2D eigenvalue weighted by Gasteiger charge is 2.06. The fourth-order valence-corrected chi connectivity index (χ4v) is 2.48. The minimum atomic E-state index is -0.285. The lowest BCUT2D eigenvalue weighted by Crippen LogP contribution is -2.36. The minimum Gasteiger partial charge on any atom is -0.352 e. The zero-order valence-electron chi connectivity index (χ0n) is 13.0. The standard InChI is InChI=1S/C16H16BrFN6/c1-19-16(20-9-11-5-6-12(17)13(18)8-11)21-10-15-23-22-14-4-2-3-7-24(14)15/h2-8H,9-10H2,1H3,(H2,19,20,21). The monoisotopic (exact) mass is 390 g/mol. The van der Waals surface area contributed by atoms with Crippen LogP contribution in [-0.2, 0) is 13.1 Å². The topological polar surface area (TPSA) is 66.6 Å². The highest BCUT2D eigenvalue weighted by Crippen LogP contribution is 2.16. The number of aromatic nitrogens is 3. The van der Waals surface area contributed by atoms with Crippen LogP contribution < -0.4 is 10.6 Å². The Labute approximate surface area is 147 Å². The molecule has 0 amide bonds. The zero-order valence-corrected chi connectivity index (χ0v) is 14.6. The van der Waals surface area contributed by atoms with Gasteiger partial charge in [0.15, 0.2) is 17.4 Å². The Morgan fingerprint density at radius 3 is 2.83 bits per heavy atom. The summed E-state index contributed by atoms with van der Waals surface area (Å²) in [5, 5.41) is 14.6. The Balaban J connectivity index is 1.60. The zero-order chi connectivity index (χ0) is 16.9. The van der Waals surface area contributed by atoms with Crippen LogP contribution in [0.5, 0.6) is 0 Å². The maximum absolute atomic E-state index is 13.5. The van der Waals surface area contributed by atoms with E-state index in [4.69, 9.17) is 0 Å². The predicted octanol–water partition coefficient (Wildman–Crippen LogP) is 2.50. The van der Waals surface area contributed by atoms with Gasteiger partial charge in [-0.1, -0.05) is 12.1 Å². The Morgan fingerprint density at radius 2 is 2.04 bits per heavy atom. The molecule has 0 atom stereocenters. The molecule has 8 heteroatoms. The number of nitrogens with zero attached hydrogens (tertiary/aromatic N) is 4. The molecule has 0 unspecified atom stereocenters. The number of nitrogens with one attached hydrogen (secondary N) is 2. The molecule has 0 radical (unpaired) electrons. The van der Waals surface area contributed by atoms with Gasteiger partial charge in [-0.15, -0.1) is 10.2 Å². The van der Waals surface area contributed by atoms with E-state index in [9.17, 15) is 4.39 Å². The van der Waals surface area contributed by atoms with E-state index < -0.39 is 0 Å². The fraction of sp³-hybridized carbons (Fsp3) is 0.188. The molecule has 0 aliphatic heterocycles. The van der Waals surface area contributed by atoms with Crippen molar-refractivity contribution >= 4 is 27.5 Å². The number of hydrogen-bond donors (Lipinski definition) is 2. The van der Waals surface area contributed by atoms with Crippen LogP contribution >= 0.6 is 15.9 Å². The van der Waals surface area contributed by atoms with Gasteiger partial charge in [0.05, 0.1) is 11.0 Å². The first-order chi connectivity index (χ1) is 11.7. The van der Waals surface area contributed by atoms with Gasteiger partial charge in [-0.25, -0.2) is 4.39 Å². The Bertz CT molecular complexity index is 876. The largest absolute Gasteiger partial charge is 0.352 e. The summed E-state index contributed by atoms with van der Waals surface area (Å²) in [6.07, 6.45) is 1.91. The maximum atomic E-state index is 13.5. The number of fused-ring (bicyclic) bond motifs is 1. The predicted molar refractivity (Wildman–Crippen MR) is 94.1 cm³/mol. The lowest BCUT2D eigenvalue weighted by Gasteiger charge is -2.11. The van der Waals surface area contributed by atoms with Gasteiger partial charge in [0, 0.05) is 19.8 Å². The second-order valence-electron chi connectivity index (χ2n) is 5.07. The number of rotatable bonds is 4. The molecule has 1 aromatic carbocycles. The average molecular weight is 391 g/mol. The molecule has 2 N–H and O–H groups in total. The van der Waals surface area contributed by atoms with E-state index >= 15 is 0 Å². The van der Waals surface area contributed by atoms with Gasteiger partial charge < -0.3 is 10.6 Å². The fourth-order valence-electron chi connectivity index (χ4n) is 2.23. The van der Waals surface area contributed by atoms with Crippen LogP contribution in [-0.4, -0.2) is 27.6 Å². The van der Waals surface area contributed by atoms with Gasteiger partial charge >= 0.3 is 0 Å². The minimum absolute atomic E-state index is 0.285. The summed E-state index contributed by atoms with van der Waals surface area (Å²) in [7, 11) is 1.68. The summed E-state index contributed by atoms with van der Waals surface area (Å²) in [6, 6.07) is 10.8. The van der Waals surface area contributed by atoms with Gasteiger partial charge in [0.2, 0.25) is 0 Å². The van der Waals surface area contributed by atoms with Crippen molar-refractivity contribution in [2.45, 2.75) is 13.1 Å². The van der Waals surface area contributed by atoms with Crippen LogP contribution in [0, 0.1) is 5.82 Å². The van der Waals surface area contributed by atoms with Crippen molar-refractivity contribution in [1.82, 2.24) is 25.2 Å². The van der Waals surface area contributed by atoms with Crippen LogP contribution in [0.4, 0.5) is 4.39 Å². The number of guanidine groups is 1. The molecule has 0 saturated heterocycles. The van der Waals surface area contributed by atoms with E-state index in [2.05, 4.69) is 41.8 Å². The third-order valence-corrected chi connectivity index (χ3v) is 4.11. The van der Waals surface area contributed by atoms with Crippen molar-refractivity contribution in [3.63, 3.8) is 0 Å². The molecule has 2 heterocycles. The lowest BCUT2D eigenvalue weighted by molar-refractivity contribution is 0.617. The SMILES string of the molecule is CN=C(NCc1ccc(Br)c(F)c1)NCc1nnc2ccccn12. The highest BCUT2D eigenvalue weighted by atomic mass is 79.9. The average Bonchev–Trinajstić information content (AvgIpc) is 3.01. The normalized spacial score (nSPS) is 11.7. The van der Waals surface area contributed by atoms with Crippen LogP contribution in [0.1, 0.15) is 11.4 Å². The molecule has 0 saturated carbocycles. The quantitative estimate of drug-likeness (QED) is 0.530. The van der Waals surface area contributed by atoms with Crippen molar-refractivity contribution < 1.29 is 4.39 Å². The molecule has 3 rings (SSSR count). The lowest BCUT2D eigenvalue weighted by atomic mass is 10.2. The summed E-state index contributed by atoms with van der Waals surface area (Å²) in [6.45, 7) is 0.935. The highest BCUT2D eigenvalue weighted by molar-refractivity contribution is 9.10. The molecule has 124 valence electrons. The van der Waals surface area contributed by atoms with Crippen LogP contribution in [0.2, 0.25) is 0 Å². The Kier molecular flexibility index (Phi) is 5.05. The molecule has 0 aliphatic carbocycles. The molecule has 3 aromatic rings. The number of aliphatic imine (C=N–C) groups is 1.